The van der Waals surface area contributed by atoms with E-state index in [0.29, 0.717) is 12.7 Å². The number of benzene rings is 2. The van der Waals surface area contributed by atoms with Crippen LogP contribution >= 0.6 is 0 Å². The third-order valence-electron chi connectivity index (χ3n) is 4.32. The Morgan fingerprint density at radius 1 is 1.10 bits per heavy atom. The zero-order chi connectivity index (χ0) is 23.0. The lowest BCUT2D eigenvalue weighted by molar-refractivity contribution is -0.109. The Morgan fingerprint density at radius 3 is 2.29 bits per heavy atom. The van der Waals surface area contributed by atoms with Crippen molar-refractivity contribution in [2.24, 2.45) is 0 Å². The molecule has 31 heavy (non-hydrogen) atoms. The SMILES string of the molecule is CC(C)(C)OC(=O)NC(C=O)Cc1ccc(-n2cc3ccccc3cc2=O)cc1.CO. The highest BCUT2D eigenvalue weighted by Crippen LogP contribution is 2.15. The van der Waals surface area contributed by atoms with Crippen LogP contribution in [-0.4, -0.2) is 40.8 Å². The lowest BCUT2D eigenvalue weighted by Gasteiger charge is -2.21. The van der Waals surface area contributed by atoms with Gasteiger partial charge in [-0.25, -0.2) is 4.79 Å². The van der Waals surface area contributed by atoms with Crippen molar-refractivity contribution < 1.29 is 19.4 Å². The van der Waals surface area contributed by atoms with Crippen LogP contribution in [0.25, 0.3) is 16.5 Å². The van der Waals surface area contributed by atoms with E-state index in [4.69, 9.17) is 9.84 Å². The number of fused-ring (bicyclic) bond motifs is 1. The van der Waals surface area contributed by atoms with Crippen molar-refractivity contribution >= 4 is 23.2 Å². The average molecular weight is 424 g/mol. The molecule has 1 amide bonds. The van der Waals surface area contributed by atoms with E-state index in [1.807, 2.05) is 54.7 Å². The van der Waals surface area contributed by atoms with Gasteiger partial charge in [0.25, 0.3) is 5.56 Å². The lowest BCUT2D eigenvalue weighted by atomic mass is 10.1. The predicted octanol–water partition coefficient (Wildman–Crippen LogP) is 3.23. The number of amides is 1. The number of aliphatic hydroxyl groups excluding tert-OH is 1. The van der Waals surface area contributed by atoms with Crippen molar-refractivity contribution in [1.82, 2.24) is 9.88 Å². The number of aldehydes is 1. The van der Waals surface area contributed by atoms with Gasteiger partial charge in [0.2, 0.25) is 0 Å². The average Bonchev–Trinajstić information content (AvgIpc) is 2.73. The molecule has 0 fully saturated rings. The quantitative estimate of drug-likeness (QED) is 0.613. The largest absolute Gasteiger partial charge is 0.444 e. The number of pyridine rings is 1. The van der Waals surface area contributed by atoms with Crippen molar-refractivity contribution in [2.75, 3.05) is 7.11 Å². The maximum Gasteiger partial charge on any atom is 0.408 e. The second-order valence-electron chi connectivity index (χ2n) is 7.87. The number of carbonyl (C=O) groups excluding carboxylic acids is 2. The summed E-state index contributed by atoms with van der Waals surface area (Å²) in [5.74, 6) is 0. The molecule has 2 aromatic carbocycles. The molecule has 7 heteroatoms. The van der Waals surface area contributed by atoms with E-state index in [2.05, 4.69) is 5.32 Å². The van der Waals surface area contributed by atoms with Gasteiger partial charge in [0.05, 0.1) is 6.04 Å². The number of aromatic nitrogens is 1. The van der Waals surface area contributed by atoms with Crippen molar-refractivity contribution in [3.63, 3.8) is 0 Å². The zero-order valence-corrected chi connectivity index (χ0v) is 18.2. The molecule has 2 N–H and O–H groups in total. The molecule has 0 bridgehead atoms. The van der Waals surface area contributed by atoms with Crippen molar-refractivity contribution in [3.05, 3.63) is 76.7 Å². The Bertz CT molecular complexity index is 1080. The highest BCUT2D eigenvalue weighted by Gasteiger charge is 2.19. The number of hydrogen-bond acceptors (Lipinski definition) is 5. The number of ether oxygens (including phenoxy) is 1. The molecule has 1 heterocycles. The van der Waals surface area contributed by atoms with E-state index < -0.39 is 17.7 Å². The van der Waals surface area contributed by atoms with Gasteiger partial charge in [-0.05, 0) is 55.7 Å². The summed E-state index contributed by atoms with van der Waals surface area (Å²) in [5.41, 5.74) is 0.837. The summed E-state index contributed by atoms with van der Waals surface area (Å²) in [6.45, 7) is 5.28. The molecule has 3 rings (SSSR count). The van der Waals surface area contributed by atoms with E-state index >= 15 is 0 Å². The summed E-state index contributed by atoms with van der Waals surface area (Å²) >= 11 is 0. The fourth-order valence-corrected chi connectivity index (χ4v) is 3.01. The standard InChI is InChI=1S/C23H24N2O4.CH4O/c1-23(2,3)29-22(28)24-19(15-26)12-16-8-10-20(11-9-16)25-14-18-7-5-4-6-17(18)13-21(25)27;1-2/h4-11,13-15,19H,12H2,1-3H3,(H,24,28);2H,1H3. The number of hydrogen-bond donors (Lipinski definition) is 2. The van der Waals surface area contributed by atoms with Gasteiger partial charge in [-0.15, -0.1) is 0 Å². The molecule has 7 nitrogen and oxygen atoms in total. The predicted molar refractivity (Wildman–Crippen MR) is 121 cm³/mol. The van der Waals surface area contributed by atoms with Crippen LogP contribution in [0.15, 0.2) is 65.6 Å². The minimum atomic E-state index is -0.695. The molecule has 1 atom stereocenters. The van der Waals surface area contributed by atoms with Crippen LogP contribution in [0, 0.1) is 0 Å². The van der Waals surface area contributed by atoms with Crippen LogP contribution in [0.5, 0.6) is 0 Å². The maximum absolute atomic E-state index is 12.4. The Hall–Kier alpha value is -3.45. The first-order valence-corrected chi connectivity index (χ1v) is 9.85. The molecule has 0 saturated heterocycles. The minimum absolute atomic E-state index is 0.117. The third-order valence-corrected chi connectivity index (χ3v) is 4.32. The smallest absolute Gasteiger partial charge is 0.408 e. The van der Waals surface area contributed by atoms with Gasteiger partial charge < -0.3 is 20.0 Å². The van der Waals surface area contributed by atoms with Gasteiger partial charge in [-0.1, -0.05) is 36.4 Å². The van der Waals surface area contributed by atoms with Gasteiger partial charge in [0, 0.05) is 25.1 Å². The highest BCUT2D eigenvalue weighted by molar-refractivity contribution is 5.81. The first kappa shape index (κ1) is 23.8. The van der Waals surface area contributed by atoms with Crippen LogP contribution in [0.1, 0.15) is 26.3 Å². The molecule has 0 spiro atoms. The molecule has 1 aromatic heterocycles. The molecule has 0 radical (unpaired) electrons. The van der Waals surface area contributed by atoms with Crippen molar-refractivity contribution in [3.8, 4) is 5.69 Å². The van der Waals surface area contributed by atoms with E-state index in [9.17, 15) is 14.4 Å². The van der Waals surface area contributed by atoms with Gasteiger partial charge in [0.1, 0.15) is 11.9 Å². The second kappa shape index (κ2) is 10.5. The third kappa shape index (κ3) is 6.79. The van der Waals surface area contributed by atoms with Crippen LogP contribution in [0.2, 0.25) is 0 Å². The van der Waals surface area contributed by atoms with E-state index in [1.165, 1.54) is 0 Å². The first-order valence-electron chi connectivity index (χ1n) is 9.85. The van der Waals surface area contributed by atoms with Gasteiger partial charge >= 0.3 is 6.09 Å². The number of nitrogens with zero attached hydrogens (tertiary/aromatic N) is 1. The van der Waals surface area contributed by atoms with Crippen molar-refractivity contribution in [2.45, 2.75) is 38.8 Å². The molecule has 0 aliphatic carbocycles. The summed E-state index contributed by atoms with van der Waals surface area (Å²) in [5, 5.41) is 11.4. The van der Waals surface area contributed by atoms with Crippen LogP contribution in [-0.2, 0) is 16.0 Å². The number of rotatable bonds is 5. The molecule has 3 aromatic rings. The van der Waals surface area contributed by atoms with Gasteiger partial charge in [-0.2, -0.15) is 0 Å². The van der Waals surface area contributed by atoms with Gasteiger partial charge in [-0.3, -0.25) is 9.36 Å². The van der Waals surface area contributed by atoms with Crippen LogP contribution in [0.3, 0.4) is 0 Å². The monoisotopic (exact) mass is 424 g/mol. The molecule has 0 aliphatic heterocycles. The topological polar surface area (TPSA) is 97.6 Å². The van der Waals surface area contributed by atoms with Crippen molar-refractivity contribution in [1.29, 1.82) is 0 Å². The summed E-state index contributed by atoms with van der Waals surface area (Å²) in [6, 6.07) is 15.9. The Balaban J connectivity index is 0.00000166. The van der Waals surface area contributed by atoms with Crippen LogP contribution in [0.4, 0.5) is 4.79 Å². The summed E-state index contributed by atoms with van der Waals surface area (Å²) < 4.78 is 6.77. The normalized spacial score (nSPS) is 11.8. The Labute approximate surface area is 181 Å². The Morgan fingerprint density at radius 2 is 1.71 bits per heavy atom. The highest BCUT2D eigenvalue weighted by atomic mass is 16.6. The van der Waals surface area contributed by atoms with Crippen LogP contribution < -0.4 is 10.9 Å². The molecule has 0 saturated carbocycles. The number of aliphatic hydroxyl groups is 1. The molecule has 0 aliphatic rings. The minimum Gasteiger partial charge on any atom is -0.444 e. The molecular weight excluding hydrogens is 396 g/mol. The maximum atomic E-state index is 12.4. The first-order chi connectivity index (χ1) is 14.7. The van der Waals surface area contributed by atoms with E-state index in [0.717, 1.165) is 29.1 Å². The fraction of sp³-hybridized carbons (Fsp3) is 0.292. The number of nitrogens with one attached hydrogen (secondary N) is 1. The Kier molecular flexibility index (Phi) is 8.10. The van der Waals surface area contributed by atoms with Gasteiger partial charge in [0.15, 0.2) is 0 Å². The number of alkyl carbamates (subject to hydrolysis) is 1. The summed E-state index contributed by atoms with van der Waals surface area (Å²) in [7, 11) is 1.00. The molecule has 1 unspecified atom stereocenters. The lowest BCUT2D eigenvalue weighted by Crippen LogP contribution is -2.41. The van der Waals surface area contributed by atoms with E-state index in [1.54, 1.807) is 31.4 Å². The fourth-order valence-electron chi connectivity index (χ4n) is 3.01. The number of carbonyl (C=O) groups is 2. The second-order valence-corrected chi connectivity index (χ2v) is 7.87. The van der Waals surface area contributed by atoms with E-state index in [-0.39, 0.29) is 5.56 Å². The summed E-state index contributed by atoms with van der Waals surface area (Å²) in [6.07, 6.45) is 2.20. The molecule has 164 valence electrons. The zero-order valence-electron chi connectivity index (χ0n) is 18.2. The summed E-state index contributed by atoms with van der Waals surface area (Å²) in [4.78, 5) is 35.7. The molecular formula is C24H28N2O5.